The highest BCUT2D eigenvalue weighted by Gasteiger charge is 2.67. The van der Waals surface area contributed by atoms with Crippen LogP contribution in [0, 0.1) is 49.4 Å². The number of carbonyl (C=O) groups is 3. The van der Waals surface area contributed by atoms with Crippen LogP contribution >= 0.6 is 0 Å². The summed E-state index contributed by atoms with van der Waals surface area (Å²) in [6.45, 7) is 3.94. The molecule has 2 aromatic rings. The van der Waals surface area contributed by atoms with Crippen LogP contribution in [0.3, 0.4) is 0 Å². The molecule has 2 saturated carbocycles. The lowest BCUT2D eigenvalue weighted by Crippen LogP contribution is -2.40. The van der Waals surface area contributed by atoms with Gasteiger partial charge in [0, 0.05) is 11.3 Å². The van der Waals surface area contributed by atoms with Gasteiger partial charge >= 0.3 is 0 Å². The maximum atomic E-state index is 13.2. The normalized spacial score (nSPS) is 32.1. The number of nitrogens with one attached hydrogen (secondary N) is 1. The first-order chi connectivity index (χ1) is 14.9. The zero-order valence-electron chi connectivity index (χ0n) is 17.5. The van der Waals surface area contributed by atoms with Crippen molar-refractivity contribution >= 4 is 29.1 Å². The number of aryl methyl sites for hydroxylation is 2. The van der Waals surface area contributed by atoms with Gasteiger partial charge in [0.15, 0.2) is 0 Å². The van der Waals surface area contributed by atoms with Crippen LogP contribution in [0.15, 0.2) is 54.6 Å². The van der Waals surface area contributed by atoms with Crippen LogP contribution < -0.4 is 10.2 Å². The van der Waals surface area contributed by atoms with Crippen molar-refractivity contribution in [1.29, 1.82) is 0 Å². The van der Waals surface area contributed by atoms with Crippen molar-refractivity contribution in [2.45, 2.75) is 20.3 Å². The summed E-state index contributed by atoms with van der Waals surface area (Å²) >= 11 is 0. The van der Waals surface area contributed by atoms with Crippen molar-refractivity contribution in [2.24, 2.45) is 35.5 Å². The lowest BCUT2D eigenvalue weighted by Gasteiger charge is -2.37. The fraction of sp³-hybridized carbons (Fsp3) is 0.346. The van der Waals surface area contributed by atoms with Gasteiger partial charge < -0.3 is 5.32 Å². The third-order valence-electron chi connectivity index (χ3n) is 7.69. The molecule has 1 aliphatic heterocycles. The van der Waals surface area contributed by atoms with E-state index >= 15 is 0 Å². The van der Waals surface area contributed by atoms with Crippen molar-refractivity contribution in [3.8, 4) is 0 Å². The molecule has 31 heavy (non-hydrogen) atoms. The second-order valence-corrected chi connectivity index (χ2v) is 9.49. The largest absolute Gasteiger partial charge is 0.322 e. The highest BCUT2D eigenvalue weighted by molar-refractivity contribution is 6.22. The van der Waals surface area contributed by atoms with Gasteiger partial charge in [0.1, 0.15) is 0 Å². The molecule has 3 fully saturated rings. The maximum Gasteiger partial charge on any atom is 0.255 e. The molecular weight excluding hydrogens is 388 g/mol. The number of anilines is 2. The van der Waals surface area contributed by atoms with Crippen LogP contribution in [-0.4, -0.2) is 17.7 Å². The van der Waals surface area contributed by atoms with Crippen LogP contribution in [-0.2, 0) is 9.59 Å². The van der Waals surface area contributed by atoms with E-state index in [9.17, 15) is 14.4 Å². The molecule has 0 unspecified atom stereocenters. The Hall–Kier alpha value is -3.21. The first-order valence-corrected chi connectivity index (χ1v) is 11.0. The summed E-state index contributed by atoms with van der Waals surface area (Å²) < 4.78 is 0. The minimum atomic E-state index is -0.213. The number of benzene rings is 2. The number of hydrogen-bond acceptors (Lipinski definition) is 3. The van der Waals surface area contributed by atoms with E-state index in [2.05, 4.69) is 17.5 Å². The standard InChI is InChI=1S/C26H24N2O3/c1-13-3-4-14(2)21(11-13)27-24(29)15-5-7-16(8-6-15)28-25(30)22-17-9-10-18(20-12-19(17)20)23(22)26(28)31/h3-11,17-20,22-23H,12H2,1-2H3,(H,27,29)/t17-,18-,19-,20-,22+,23+/m0/s1. The van der Waals surface area contributed by atoms with Gasteiger partial charge in [0.25, 0.3) is 5.91 Å². The first-order valence-electron chi connectivity index (χ1n) is 11.0. The van der Waals surface area contributed by atoms with Crippen LogP contribution in [0.4, 0.5) is 11.4 Å². The summed E-state index contributed by atoms with van der Waals surface area (Å²) in [5.74, 6) is 0.813. The Morgan fingerprint density at radius 2 is 1.52 bits per heavy atom. The minimum absolute atomic E-state index is 0.0766. The number of amides is 3. The number of allylic oxidation sites excluding steroid dienone is 2. The zero-order valence-corrected chi connectivity index (χ0v) is 17.5. The predicted molar refractivity (Wildman–Crippen MR) is 118 cm³/mol. The van der Waals surface area contributed by atoms with Crippen LogP contribution in [0.5, 0.6) is 0 Å². The van der Waals surface area contributed by atoms with Gasteiger partial charge in [-0.25, -0.2) is 0 Å². The minimum Gasteiger partial charge on any atom is -0.322 e. The molecule has 6 atom stereocenters. The second kappa shape index (κ2) is 6.39. The van der Waals surface area contributed by atoms with Crippen molar-refractivity contribution in [3.05, 3.63) is 71.3 Å². The molecule has 2 aromatic carbocycles. The highest BCUT2D eigenvalue weighted by atomic mass is 16.2. The molecule has 5 heteroatoms. The van der Waals surface area contributed by atoms with Gasteiger partial charge in [-0.15, -0.1) is 0 Å². The number of hydrogen-bond donors (Lipinski definition) is 1. The molecule has 5 nitrogen and oxygen atoms in total. The Balaban J connectivity index is 1.23. The lowest BCUT2D eigenvalue weighted by molar-refractivity contribution is -0.124. The Kier molecular flexibility index (Phi) is 3.83. The van der Waals surface area contributed by atoms with Gasteiger partial charge in [-0.2, -0.15) is 0 Å². The lowest BCUT2D eigenvalue weighted by atomic mass is 9.63. The third kappa shape index (κ3) is 2.65. The van der Waals surface area contributed by atoms with E-state index in [1.54, 1.807) is 24.3 Å². The molecule has 0 aromatic heterocycles. The first kappa shape index (κ1) is 18.6. The quantitative estimate of drug-likeness (QED) is 0.609. The molecule has 1 N–H and O–H groups in total. The molecule has 0 spiro atoms. The summed E-state index contributed by atoms with van der Waals surface area (Å²) in [5, 5.41) is 2.95. The molecule has 156 valence electrons. The van der Waals surface area contributed by atoms with Crippen molar-refractivity contribution in [1.82, 2.24) is 0 Å². The molecule has 1 saturated heterocycles. The highest BCUT2D eigenvalue weighted by Crippen LogP contribution is 2.65. The van der Waals surface area contributed by atoms with Gasteiger partial charge in [-0.3, -0.25) is 19.3 Å². The molecule has 4 aliphatic carbocycles. The van der Waals surface area contributed by atoms with Crippen molar-refractivity contribution < 1.29 is 14.4 Å². The van der Waals surface area contributed by atoms with E-state index in [4.69, 9.17) is 0 Å². The number of imide groups is 1. The smallest absolute Gasteiger partial charge is 0.255 e. The summed E-state index contributed by atoms with van der Waals surface area (Å²) in [7, 11) is 0. The van der Waals surface area contributed by atoms with E-state index in [0.717, 1.165) is 23.2 Å². The molecule has 5 aliphatic rings. The van der Waals surface area contributed by atoms with Crippen LogP contribution in [0.2, 0.25) is 0 Å². The number of nitrogens with zero attached hydrogens (tertiary/aromatic N) is 1. The molecule has 2 bridgehead atoms. The maximum absolute atomic E-state index is 13.2. The number of rotatable bonds is 3. The Morgan fingerprint density at radius 3 is 2.13 bits per heavy atom. The third-order valence-corrected chi connectivity index (χ3v) is 7.69. The van der Waals surface area contributed by atoms with E-state index in [0.29, 0.717) is 23.1 Å². The molecule has 1 heterocycles. The van der Waals surface area contributed by atoms with Crippen molar-refractivity contribution in [2.75, 3.05) is 10.2 Å². The zero-order chi connectivity index (χ0) is 21.4. The predicted octanol–water partition coefficient (Wildman–Crippen LogP) is 4.11. The van der Waals surface area contributed by atoms with Crippen molar-refractivity contribution in [3.63, 3.8) is 0 Å². The van der Waals surface area contributed by atoms with E-state index in [-0.39, 0.29) is 41.4 Å². The Morgan fingerprint density at radius 1 is 0.903 bits per heavy atom. The topological polar surface area (TPSA) is 66.5 Å². The monoisotopic (exact) mass is 412 g/mol. The fourth-order valence-electron chi connectivity index (χ4n) is 6.04. The average Bonchev–Trinajstić information content (AvgIpc) is 3.54. The summed E-state index contributed by atoms with van der Waals surface area (Å²) in [6.07, 6.45) is 5.50. The van der Waals surface area contributed by atoms with Crippen LogP contribution in [0.1, 0.15) is 27.9 Å². The molecular formula is C26H24N2O3. The second-order valence-electron chi connectivity index (χ2n) is 9.49. The van der Waals surface area contributed by atoms with Gasteiger partial charge in [0.2, 0.25) is 11.8 Å². The number of carbonyl (C=O) groups excluding carboxylic acids is 3. The van der Waals surface area contributed by atoms with E-state index in [1.807, 2.05) is 32.0 Å². The summed E-state index contributed by atoms with van der Waals surface area (Å²) in [5.41, 5.74) is 3.90. The summed E-state index contributed by atoms with van der Waals surface area (Å²) in [6, 6.07) is 12.7. The molecule has 7 rings (SSSR count). The molecule has 3 amide bonds. The van der Waals surface area contributed by atoms with E-state index in [1.165, 1.54) is 4.90 Å². The summed E-state index contributed by atoms with van der Waals surface area (Å²) in [4.78, 5) is 40.5. The molecule has 0 radical (unpaired) electrons. The average molecular weight is 412 g/mol. The fourth-order valence-corrected chi connectivity index (χ4v) is 6.04. The van der Waals surface area contributed by atoms with Gasteiger partial charge in [-0.05, 0) is 85.4 Å². The van der Waals surface area contributed by atoms with E-state index < -0.39 is 0 Å². The Labute approximate surface area is 181 Å². The SMILES string of the molecule is Cc1ccc(C)c(NC(=O)c2ccc(N3C(=O)[C@@H]4[C@H]5C=C[C@@H]([C@@H]6C[C@@H]56)[C@H]4C3=O)cc2)c1. The van der Waals surface area contributed by atoms with Gasteiger partial charge in [0.05, 0.1) is 17.5 Å². The Bertz CT molecular complexity index is 1130. The van der Waals surface area contributed by atoms with Crippen LogP contribution in [0.25, 0.3) is 0 Å². The van der Waals surface area contributed by atoms with Gasteiger partial charge in [-0.1, -0.05) is 24.3 Å².